The summed E-state index contributed by atoms with van der Waals surface area (Å²) in [5.41, 5.74) is -6.95. The van der Waals surface area contributed by atoms with Crippen molar-refractivity contribution in [2.45, 2.75) is 40.4 Å². The molecule has 1 saturated carbocycles. The lowest BCUT2D eigenvalue weighted by Crippen LogP contribution is -2.54. The Morgan fingerprint density at radius 2 is 1.41 bits per heavy atom. The summed E-state index contributed by atoms with van der Waals surface area (Å²) >= 11 is 0. The number of benzene rings is 2. The largest absolute Gasteiger partial charge is 0.469 e. The van der Waals surface area contributed by atoms with Crippen LogP contribution in [0.15, 0.2) is 53.4 Å². The first kappa shape index (κ1) is 25.9. The molecule has 0 aromatic heterocycles. The van der Waals surface area contributed by atoms with Gasteiger partial charge in [0, 0.05) is 5.56 Å². The summed E-state index contributed by atoms with van der Waals surface area (Å²) in [7, 11) is -3.32. The number of ether oxygens (including phenoxy) is 1. The zero-order valence-electron chi connectivity index (χ0n) is 17.2. The normalized spacial score (nSPS) is 21.6. The molecule has 186 valence electrons. The molecular formula is C21H17F7O5S. The Kier molecular flexibility index (Phi) is 6.27. The molecule has 0 unspecified atom stereocenters. The van der Waals surface area contributed by atoms with Gasteiger partial charge < -0.3 is 9.84 Å². The van der Waals surface area contributed by atoms with Crippen LogP contribution in [0.3, 0.4) is 0 Å². The van der Waals surface area contributed by atoms with Gasteiger partial charge in [-0.25, -0.2) is 12.8 Å². The molecule has 0 spiro atoms. The predicted molar refractivity (Wildman–Crippen MR) is 102 cm³/mol. The summed E-state index contributed by atoms with van der Waals surface area (Å²) in [6.07, 6.45) is -13.0. The van der Waals surface area contributed by atoms with Crippen molar-refractivity contribution in [3.05, 3.63) is 65.5 Å². The molecule has 1 aliphatic carbocycles. The molecule has 1 aliphatic rings. The molecule has 5 nitrogen and oxygen atoms in total. The summed E-state index contributed by atoms with van der Waals surface area (Å²) in [6, 6.07) is 5.78. The Balaban J connectivity index is 2.12. The smallest absolute Gasteiger partial charge is 0.430 e. The molecule has 0 aliphatic heterocycles. The van der Waals surface area contributed by atoms with Crippen molar-refractivity contribution in [3.8, 4) is 0 Å². The van der Waals surface area contributed by atoms with Crippen molar-refractivity contribution in [3.63, 3.8) is 0 Å². The molecule has 1 fully saturated rings. The number of carbonyl (C=O) groups is 1. The maximum atomic E-state index is 13.4. The molecule has 34 heavy (non-hydrogen) atoms. The fourth-order valence-corrected chi connectivity index (χ4v) is 6.26. The molecule has 13 heteroatoms. The van der Waals surface area contributed by atoms with Crippen LogP contribution in [0.4, 0.5) is 30.7 Å². The highest BCUT2D eigenvalue weighted by Gasteiger charge is 2.71. The molecular weight excluding hydrogens is 497 g/mol. The second-order valence-corrected chi connectivity index (χ2v) is 10.1. The lowest BCUT2D eigenvalue weighted by molar-refractivity contribution is -0.376. The summed E-state index contributed by atoms with van der Waals surface area (Å²) < 4.78 is 122. The Labute approximate surface area is 189 Å². The van der Waals surface area contributed by atoms with Crippen molar-refractivity contribution in [1.29, 1.82) is 0 Å². The Hall–Kier alpha value is -2.67. The number of aliphatic hydroxyl groups is 1. The van der Waals surface area contributed by atoms with Gasteiger partial charge in [0.25, 0.3) is 5.60 Å². The summed E-state index contributed by atoms with van der Waals surface area (Å²) in [5, 5.41) is 9.57. The van der Waals surface area contributed by atoms with Crippen molar-refractivity contribution in [1.82, 2.24) is 0 Å². The number of hydrogen-bond acceptors (Lipinski definition) is 5. The summed E-state index contributed by atoms with van der Waals surface area (Å²) in [6.45, 7) is 0. The van der Waals surface area contributed by atoms with E-state index in [-0.39, 0.29) is 23.3 Å². The number of sulfone groups is 1. The van der Waals surface area contributed by atoms with Crippen LogP contribution in [0.5, 0.6) is 0 Å². The van der Waals surface area contributed by atoms with Crippen LogP contribution in [0.25, 0.3) is 0 Å². The van der Waals surface area contributed by atoms with Gasteiger partial charge in [0.2, 0.25) is 0 Å². The standard InChI is InChI=1S/C21H17F7O5S/c1-33-17(29)12-10-18(11-12,34(31,32)16-8-6-15(22)7-9-16)13-2-4-14(5-3-13)19(30,20(23,24)25)21(26,27)28/h2-9,12,30H,10-11H2,1H3/t12-,18+. The third kappa shape index (κ3) is 3.84. The van der Waals surface area contributed by atoms with E-state index in [0.29, 0.717) is 12.1 Å². The average molecular weight is 514 g/mol. The fraction of sp³-hybridized carbons (Fsp3) is 0.381. The van der Waals surface area contributed by atoms with Crippen LogP contribution in [-0.2, 0) is 29.7 Å². The van der Waals surface area contributed by atoms with Crippen LogP contribution in [-0.4, -0.2) is 39.0 Å². The fourth-order valence-electron chi connectivity index (χ4n) is 4.02. The van der Waals surface area contributed by atoms with Crippen LogP contribution in [0.2, 0.25) is 0 Å². The van der Waals surface area contributed by atoms with Gasteiger partial charge >= 0.3 is 18.3 Å². The summed E-state index contributed by atoms with van der Waals surface area (Å²) in [5.74, 6) is -2.38. The first-order valence-corrected chi connectivity index (χ1v) is 11.0. The molecule has 0 amide bonds. The number of halogens is 7. The maximum absolute atomic E-state index is 13.4. The molecule has 2 aromatic rings. The topological polar surface area (TPSA) is 80.7 Å². The Morgan fingerprint density at radius 1 is 0.941 bits per heavy atom. The first-order valence-electron chi connectivity index (χ1n) is 9.56. The average Bonchev–Trinajstić information content (AvgIpc) is 2.71. The van der Waals surface area contributed by atoms with Crippen molar-refractivity contribution < 1.29 is 53.8 Å². The monoisotopic (exact) mass is 514 g/mol. The highest BCUT2D eigenvalue weighted by Crippen LogP contribution is 2.55. The quantitative estimate of drug-likeness (QED) is 0.364. The van der Waals surface area contributed by atoms with Gasteiger partial charge in [-0.2, -0.15) is 26.3 Å². The SMILES string of the molecule is COC(=O)[C@H]1C[C@@](c2ccc(C(O)(C(F)(F)F)C(F)(F)F)cc2)(S(=O)(=O)c2ccc(F)cc2)C1. The van der Waals surface area contributed by atoms with E-state index in [1.807, 2.05) is 0 Å². The van der Waals surface area contributed by atoms with Gasteiger partial charge in [0.15, 0.2) is 9.84 Å². The zero-order chi connectivity index (χ0) is 25.7. The van der Waals surface area contributed by atoms with E-state index in [4.69, 9.17) is 0 Å². The number of carbonyl (C=O) groups excluding carboxylic acids is 1. The van der Waals surface area contributed by atoms with E-state index in [9.17, 15) is 49.1 Å². The van der Waals surface area contributed by atoms with Crippen molar-refractivity contribution in [2.24, 2.45) is 5.92 Å². The number of esters is 1. The second kappa shape index (κ2) is 8.22. The van der Waals surface area contributed by atoms with E-state index < -0.39 is 55.8 Å². The number of hydrogen-bond donors (Lipinski definition) is 1. The highest BCUT2D eigenvalue weighted by molar-refractivity contribution is 7.92. The van der Waals surface area contributed by atoms with E-state index in [1.54, 1.807) is 0 Å². The van der Waals surface area contributed by atoms with Gasteiger partial charge in [-0.3, -0.25) is 4.79 Å². The van der Waals surface area contributed by atoms with E-state index >= 15 is 0 Å². The maximum Gasteiger partial charge on any atom is 0.430 e. The minimum atomic E-state index is -6.11. The van der Waals surface area contributed by atoms with Gasteiger partial charge in [-0.1, -0.05) is 24.3 Å². The third-order valence-corrected chi connectivity index (χ3v) is 8.47. The third-order valence-electron chi connectivity index (χ3n) is 5.97. The molecule has 0 saturated heterocycles. The lowest BCUT2D eigenvalue weighted by atomic mass is 9.70. The predicted octanol–water partition coefficient (Wildman–Crippen LogP) is 4.39. The van der Waals surface area contributed by atoms with E-state index in [2.05, 4.69) is 4.74 Å². The van der Waals surface area contributed by atoms with E-state index in [0.717, 1.165) is 43.5 Å². The van der Waals surface area contributed by atoms with Crippen molar-refractivity contribution >= 4 is 15.8 Å². The van der Waals surface area contributed by atoms with Gasteiger partial charge in [0.1, 0.15) is 10.6 Å². The Morgan fingerprint density at radius 3 is 1.82 bits per heavy atom. The molecule has 2 aromatic carbocycles. The Bertz CT molecular complexity index is 1150. The number of rotatable bonds is 5. The highest BCUT2D eigenvalue weighted by atomic mass is 32.2. The minimum Gasteiger partial charge on any atom is -0.469 e. The van der Waals surface area contributed by atoms with Crippen molar-refractivity contribution in [2.75, 3.05) is 7.11 Å². The van der Waals surface area contributed by atoms with Crippen LogP contribution in [0, 0.1) is 11.7 Å². The van der Waals surface area contributed by atoms with Gasteiger partial charge in [-0.15, -0.1) is 0 Å². The van der Waals surface area contributed by atoms with Gasteiger partial charge in [0.05, 0.1) is 17.9 Å². The second-order valence-electron chi connectivity index (χ2n) is 7.86. The molecule has 0 bridgehead atoms. The summed E-state index contributed by atoms with van der Waals surface area (Å²) in [4.78, 5) is 11.5. The van der Waals surface area contributed by atoms with E-state index in [1.165, 1.54) is 0 Å². The van der Waals surface area contributed by atoms with Crippen LogP contribution in [0.1, 0.15) is 24.0 Å². The lowest BCUT2D eigenvalue weighted by Gasteiger charge is -2.46. The number of alkyl halides is 6. The number of methoxy groups -OCH3 is 1. The molecule has 1 N–H and O–H groups in total. The molecule has 0 heterocycles. The minimum absolute atomic E-state index is 0.201. The zero-order valence-corrected chi connectivity index (χ0v) is 18.1. The molecule has 0 radical (unpaired) electrons. The molecule has 0 atom stereocenters. The molecule has 3 rings (SSSR count). The van der Waals surface area contributed by atoms with Gasteiger partial charge in [-0.05, 0) is 42.7 Å². The first-order chi connectivity index (χ1) is 15.5. The van der Waals surface area contributed by atoms with Crippen LogP contribution < -0.4 is 0 Å². The van der Waals surface area contributed by atoms with Crippen LogP contribution >= 0.6 is 0 Å².